The second-order valence-corrected chi connectivity index (χ2v) is 4.14. The average Bonchev–Trinajstić information content (AvgIpc) is 2.87. The Morgan fingerprint density at radius 2 is 2.22 bits per heavy atom. The zero-order chi connectivity index (χ0) is 13.5. The summed E-state index contributed by atoms with van der Waals surface area (Å²) in [6.45, 7) is 0.899. The van der Waals surface area contributed by atoms with Gasteiger partial charge in [0.15, 0.2) is 0 Å². The number of carbonyl (C=O) groups excluding carboxylic acids is 3. The molecule has 0 aliphatic carbocycles. The maximum absolute atomic E-state index is 11.8. The molecule has 2 amide bonds. The monoisotopic (exact) mass is 258 g/mol. The van der Waals surface area contributed by atoms with Crippen molar-refractivity contribution in [2.75, 3.05) is 20.3 Å². The Morgan fingerprint density at radius 1 is 1.50 bits per heavy atom. The molecule has 1 heterocycles. The quantitative estimate of drug-likeness (QED) is 0.591. The van der Waals surface area contributed by atoms with E-state index in [1.807, 2.05) is 0 Å². The smallest absolute Gasteiger partial charge is 0.305 e. The SMILES string of the molecule is COC(=O)CC[C@H](NC(=O)[C@H]1CCOC1)C(N)=O. The van der Waals surface area contributed by atoms with Crippen LogP contribution in [-0.2, 0) is 23.9 Å². The predicted octanol–water partition coefficient (Wildman–Crippen LogP) is -1.05. The fraction of sp³-hybridized carbons (Fsp3) is 0.727. The maximum Gasteiger partial charge on any atom is 0.305 e. The highest BCUT2D eigenvalue weighted by Crippen LogP contribution is 2.12. The highest BCUT2D eigenvalue weighted by atomic mass is 16.5. The molecule has 18 heavy (non-hydrogen) atoms. The van der Waals surface area contributed by atoms with Crippen molar-refractivity contribution in [3.8, 4) is 0 Å². The van der Waals surface area contributed by atoms with Crippen LogP contribution in [-0.4, -0.2) is 44.1 Å². The third-order valence-electron chi connectivity index (χ3n) is 2.83. The average molecular weight is 258 g/mol. The first kappa shape index (κ1) is 14.4. The van der Waals surface area contributed by atoms with E-state index in [4.69, 9.17) is 10.5 Å². The van der Waals surface area contributed by atoms with E-state index in [2.05, 4.69) is 10.1 Å². The van der Waals surface area contributed by atoms with Gasteiger partial charge in [-0.15, -0.1) is 0 Å². The summed E-state index contributed by atoms with van der Waals surface area (Å²) in [6.07, 6.45) is 0.807. The zero-order valence-electron chi connectivity index (χ0n) is 10.3. The van der Waals surface area contributed by atoms with Gasteiger partial charge in [-0.05, 0) is 12.8 Å². The number of nitrogens with two attached hydrogens (primary N) is 1. The molecule has 0 unspecified atom stereocenters. The Morgan fingerprint density at radius 3 is 2.72 bits per heavy atom. The summed E-state index contributed by atoms with van der Waals surface area (Å²) < 4.78 is 9.55. The fourth-order valence-electron chi connectivity index (χ4n) is 1.68. The molecule has 0 saturated carbocycles. The van der Waals surface area contributed by atoms with E-state index in [0.29, 0.717) is 19.6 Å². The molecular formula is C11H18N2O5. The van der Waals surface area contributed by atoms with Crippen LogP contribution in [0.25, 0.3) is 0 Å². The van der Waals surface area contributed by atoms with Gasteiger partial charge in [0.2, 0.25) is 11.8 Å². The van der Waals surface area contributed by atoms with Gasteiger partial charge in [-0.1, -0.05) is 0 Å². The molecule has 1 fully saturated rings. The molecule has 7 nitrogen and oxygen atoms in total. The largest absolute Gasteiger partial charge is 0.469 e. The lowest BCUT2D eigenvalue weighted by Gasteiger charge is -2.17. The van der Waals surface area contributed by atoms with E-state index in [-0.39, 0.29) is 24.7 Å². The first-order valence-electron chi connectivity index (χ1n) is 5.79. The van der Waals surface area contributed by atoms with Crippen molar-refractivity contribution in [3.05, 3.63) is 0 Å². The van der Waals surface area contributed by atoms with Crippen molar-refractivity contribution in [2.45, 2.75) is 25.3 Å². The number of nitrogens with one attached hydrogen (secondary N) is 1. The van der Waals surface area contributed by atoms with Crippen LogP contribution in [0.1, 0.15) is 19.3 Å². The number of methoxy groups -OCH3 is 1. The van der Waals surface area contributed by atoms with Crippen molar-refractivity contribution in [1.82, 2.24) is 5.32 Å². The van der Waals surface area contributed by atoms with Gasteiger partial charge in [0.1, 0.15) is 6.04 Å². The van der Waals surface area contributed by atoms with Crippen LogP contribution in [0.3, 0.4) is 0 Å². The number of esters is 1. The lowest BCUT2D eigenvalue weighted by atomic mass is 10.1. The lowest BCUT2D eigenvalue weighted by molar-refractivity contribution is -0.141. The van der Waals surface area contributed by atoms with E-state index in [1.165, 1.54) is 7.11 Å². The Hall–Kier alpha value is -1.63. The molecule has 7 heteroatoms. The van der Waals surface area contributed by atoms with Crippen LogP contribution in [0.5, 0.6) is 0 Å². The Kier molecular flexibility index (Phi) is 5.57. The Bertz CT molecular complexity index is 325. The van der Waals surface area contributed by atoms with Gasteiger partial charge in [-0.3, -0.25) is 14.4 Å². The minimum absolute atomic E-state index is 0.0333. The van der Waals surface area contributed by atoms with Gasteiger partial charge in [0.05, 0.1) is 19.6 Å². The summed E-state index contributed by atoms with van der Waals surface area (Å²) in [5.41, 5.74) is 5.17. The van der Waals surface area contributed by atoms with Gasteiger partial charge in [0.25, 0.3) is 0 Å². The van der Waals surface area contributed by atoms with Crippen LogP contribution < -0.4 is 11.1 Å². The van der Waals surface area contributed by atoms with Crippen LogP contribution in [0.15, 0.2) is 0 Å². The molecule has 1 saturated heterocycles. The number of primary amides is 1. The normalized spacial score (nSPS) is 20.2. The standard InChI is InChI=1S/C11H18N2O5/c1-17-9(14)3-2-8(10(12)15)13-11(16)7-4-5-18-6-7/h7-8H,2-6H2,1H3,(H2,12,15)(H,13,16)/t7-,8-/m0/s1. The van der Waals surface area contributed by atoms with Gasteiger partial charge in [-0.25, -0.2) is 0 Å². The summed E-state index contributed by atoms with van der Waals surface area (Å²) in [7, 11) is 1.26. The van der Waals surface area contributed by atoms with Gasteiger partial charge in [0, 0.05) is 13.0 Å². The second-order valence-electron chi connectivity index (χ2n) is 4.14. The third-order valence-corrected chi connectivity index (χ3v) is 2.83. The molecule has 0 bridgehead atoms. The van der Waals surface area contributed by atoms with E-state index in [1.54, 1.807) is 0 Å². The van der Waals surface area contributed by atoms with Gasteiger partial charge in [-0.2, -0.15) is 0 Å². The zero-order valence-corrected chi connectivity index (χ0v) is 10.3. The van der Waals surface area contributed by atoms with Gasteiger partial charge < -0.3 is 20.5 Å². The van der Waals surface area contributed by atoms with Crippen molar-refractivity contribution in [2.24, 2.45) is 11.7 Å². The summed E-state index contributed by atoms with van der Waals surface area (Å²) >= 11 is 0. The van der Waals surface area contributed by atoms with E-state index >= 15 is 0 Å². The van der Waals surface area contributed by atoms with Crippen molar-refractivity contribution >= 4 is 17.8 Å². The highest BCUT2D eigenvalue weighted by molar-refractivity contribution is 5.88. The molecule has 2 atom stereocenters. The Balaban J connectivity index is 2.44. The highest BCUT2D eigenvalue weighted by Gasteiger charge is 2.27. The molecule has 1 aliphatic heterocycles. The first-order chi connectivity index (χ1) is 8.54. The topological polar surface area (TPSA) is 108 Å². The molecule has 0 spiro atoms. The number of rotatable bonds is 6. The molecule has 1 aliphatic rings. The van der Waals surface area contributed by atoms with Crippen molar-refractivity contribution < 1.29 is 23.9 Å². The summed E-state index contributed by atoms with van der Waals surface area (Å²) in [5.74, 6) is -1.61. The van der Waals surface area contributed by atoms with Crippen LogP contribution in [0.4, 0.5) is 0 Å². The molecule has 0 aromatic rings. The van der Waals surface area contributed by atoms with E-state index in [0.717, 1.165) is 0 Å². The molecular weight excluding hydrogens is 240 g/mol. The number of hydrogen-bond donors (Lipinski definition) is 2. The summed E-state index contributed by atoms with van der Waals surface area (Å²) in [6, 6.07) is -0.850. The lowest BCUT2D eigenvalue weighted by Crippen LogP contribution is -2.47. The minimum atomic E-state index is -0.850. The van der Waals surface area contributed by atoms with E-state index in [9.17, 15) is 14.4 Å². The summed E-state index contributed by atoms with van der Waals surface area (Å²) in [4.78, 5) is 33.9. The number of ether oxygens (including phenoxy) is 2. The number of amides is 2. The maximum atomic E-state index is 11.8. The molecule has 3 N–H and O–H groups in total. The van der Waals surface area contributed by atoms with Crippen LogP contribution in [0.2, 0.25) is 0 Å². The Labute approximate surface area is 105 Å². The second kappa shape index (κ2) is 6.95. The first-order valence-corrected chi connectivity index (χ1v) is 5.79. The number of carbonyl (C=O) groups is 3. The van der Waals surface area contributed by atoms with Crippen LogP contribution in [0, 0.1) is 5.92 Å². The van der Waals surface area contributed by atoms with Gasteiger partial charge >= 0.3 is 5.97 Å². The van der Waals surface area contributed by atoms with Crippen molar-refractivity contribution in [3.63, 3.8) is 0 Å². The third kappa shape index (κ3) is 4.33. The molecule has 1 rings (SSSR count). The predicted molar refractivity (Wildman–Crippen MR) is 61.3 cm³/mol. The van der Waals surface area contributed by atoms with E-state index < -0.39 is 17.9 Å². The fourth-order valence-corrected chi connectivity index (χ4v) is 1.68. The summed E-state index contributed by atoms with van der Waals surface area (Å²) in [5, 5.41) is 2.54. The molecule has 102 valence electrons. The molecule has 0 aromatic carbocycles. The van der Waals surface area contributed by atoms with Crippen molar-refractivity contribution in [1.29, 1.82) is 0 Å². The molecule has 0 aromatic heterocycles. The molecule has 0 radical (unpaired) electrons. The number of hydrogen-bond acceptors (Lipinski definition) is 5. The minimum Gasteiger partial charge on any atom is -0.469 e. The van der Waals surface area contributed by atoms with Crippen LogP contribution >= 0.6 is 0 Å².